The van der Waals surface area contributed by atoms with Crippen molar-refractivity contribution in [2.45, 2.75) is 50.6 Å². The summed E-state index contributed by atoms with van der Waals surface area (Å²) in [6, 6.07) is 9.45. The number of fused-ring (bicyclic) bond motifs is 1. The maximum absolute atomic E-state index is 12.8. The van der Waals surface area contributed by atoms with E-state index < -0.39 is 15.9 Å². The van der Waals surface area contributed by atoms with Gasteiger partial charge in [-0.1, -0.05) is 38.8 Å². The molecule has 8 heteroatoms. The molecule has 158 valence electrons. The Bertz CT molecular complexity index is 1050. The molecule has 0 spiro atoms. The van der Waals surface area contributed by atoms with Gasteiger partial charge in [0, 0.05) is 12.2 Å². The monoisotopic (exact) mass is 427 g/mol. The van der Waals surface area contributed by atoms with Crippen molar-refractivity contribution in [2.75, 3.05) is 0 Å². The molecule has 4 rings (SSSR count). The zero-order chi connectivity index (χ0) is 21.5. The highest BCUT2D eigenvalue weighted by Gasteiger charge is 2.36. The highest BCUT2D eigenvalue weighted by molar-refractivity contribution is 7.89. The van der Waals surface area contributed by atoms with Gasteiger partial charge in [0.25, 0.3) is 11.8 Å². The number of nitrogens with zero attached hydrogens (tertiary/aromatic N) is 2. The zero-order valence-electron chi connectivity index (χ0n) is 17.0. The molecule has 2 amide bonds. The van der Waals surface area contributed by atoms with Gasteiger partial charge in [-0.2, -0.15) is 0 Å². The highest BCUT2D eigenvalue weighted by Crippen LogP contribution is 2.30. The Kier molecular flexibility index (Phi) is 5.46. The maximum atomic E-state index is 12.8. The van der Waals surface area contributed by atoms with Crippen LogP contribution in [0, 0.1) is 11.8 Å². The number of nitrogens with one attached hydrogen (secondary N) is 1. The minimum Gasteiger partial charge on any atom is -0.268 e. The number of hydrogen-bond donors (Lipinski definition) is 1. The van der Waals surface area contributed by atoms with Gasteiger partial charge in [-0.05, 0) is 48.1 Å². The molecule has 1 aliphatic carbocycles. The van der Waals surface area contributed by atoms with Crippen LogP contribution in [0.5, 0.6) is 0 Å². The van der Waals surface area contributed by atoms with Gasteiger partial charge in [0.05, 0.1) is 17.0 Å². The van der Waals surface area contributed by atoms with Gasteiger partial charge in [-0.3, -0.25) is 19.5 Å². The molecule has 7 nitrogen and oxygen atoms in total. The van der Waals surface area contributed by atoms with Crippen LogP contribution >= 0.6 is 0 Å². The van der Waals surface area contributed by atoms with Crippen molar-refractivity contribution in [1.82, 2.24) is 14.6 Å². The standard InChI is InChI=1S/C22H25N3O4S/c1-14-5-3-7-19(15(14)2)24-30(28,29)17-10-8-16(9-11-17)13-25-21(26)18-6-4-12-23-20(18)22(25)27/h4,6,8-12,14-15,19,24H,3,5,7,13H2,1-2H3/t14-,15-,19-/m1/s1. The summed E-state index contributed by atoms with van der Waals surface area (Å²) < 4.78 is 28.5. The first-order chi connectivity index (χ1) is 14.3. The normalized spacial score (nSPS) is 24.2. The summed E-state index contributed by atoms with van der Waals surface area (Å²) in [4.78, 5) is 30.2. The number of sulfonamides is 1. The number of rotatable bonds is 5. The van der Waals surface area contributed by atoms with Gasteiger partial charge in [0.15, 0.2) is 0 Å². The molecular weight excluding hydrogens is 402 g/mol. The van der Waals surface area contributed by atoms with Gasteiger partial charge in [-0.25, -0.2) is 13.1 Å². The molecule has 30 heavy (non-hydrogen) atoms. The lowest BCUT2D eigenvalue weighted by Gasteiger charge is -2.34. The summed E-state index contributed by atoms with van der Waals surface area (Å²) in [6.45, 7) is 4.32. The van der Waals surface area contributed by atoms with Crippen LogP contribution in [-0.4, -0.2) is 36.2 Å². The SMILES string of the molecule is C[C@@H]1[C@H](C)CCC[C@H]1NS(=O)(=O)c1ccc(CN2C(=O)c3cccnc3C2=O)cc1. The summed E-state index contributed by atoms with van der Waals surface area (Å²) >= 11 is 0. The lowest BCUT2D eigenvalue weighted by molar-refractivity contribution is 0.0640. The van der Waals surface area contributed by atoms with Gasteiger partial charge in [0.2, 0.25) is 10.0 Å². The van der Waals surface area contributed by atoms with Crippen molar-refractivity contribution in [3.05, 3.63) is 59.4 Å². The van der Waals surface area contributed by atoms with Crippen molar-refractivity contribution in [2.24, 2.45) is 11.8 Å². The van der Waals surface area contributed by atoms with E-state index >= 15 is 0 Å². The molecule has 0 bridgehead atoms. The molecule has 0 unspecified atom stereocenters. The van der Waals surface area contributed by atoms with Crippen molar-refractivity contribution >= 4 is 21.8 Å². The Morgan fingerprint density at radius 1 is 1.07 bits per heavy atom. The predicted molar refractivity (Wildman–Crippen MR) is 111 cm³/mol. The van der Waals surface area contributed by atoms with Crippen molar-refractivity contribution in [3.8, 4) is 0 Å². The van der Waals surface area contributed by atoms with E-state index in [2.05, 4.69) is 23.6 Å². The molecule has 1 fully saturated rings. The number of pyridine rings is 1. The van der Waals surface area contributed by atoms with E-state index in [0.717, 1.165) is 24.2 Å². The van der Waals surface area contributed by atoms with Gasteiger partial charge < -0.3 is 0 Å². The molecule has 2 aromatic rings. The lowest BCUT2D eigenvalue weighted by Crippen LogP contribution is -2.43. The average Bonchev–Trinajstić information content (AvgIpc) is 2.97. The minimum atomic E-state index is -3.63. The van der Waals surface area contributed by atoms with Gasteiger partial charge in [0.1, 0.15) is 5.69 Å². The van der Waals surface area contributed by atoms with Crippen LogP contribution in [0.25, 0.3) is 0 Å². The molecule has 2 heterocycles. The van der Waals surface area contributed by atoms with Crippen LogP contribution in [0.1, 0.15) is 59.5 Å². The lowest BCUT2D eigenvalue weighted by atomic mass is 9.78. The second-order valence-electron chi connectivity index (χ2n) is 8.24. The molecule has 3 atom stereocenters. The number of aromatic nitrogens is 1. The summed E-state index contributed by atoms with van der Waals surface area (Å²) in [7, 11) is -3.63. The first-order valence-electron chi connectivity index (χ1n) is 10.2. The fourth-order valence-corrected chi connectivity index (χ4v) is 5.59. The third kappa shape index (κ3) is 3.77. The van der Waals surface area contributed by atoms with Crippen LogP contribution in [0.15, 0.2) is 47.5 Å². The first kappa shape index (κ1) is 20.7. The van der Waals surface area contributed by atoms with Crippen LogP contribution < -0.4 is 4.72 Å². The van der Waals surface area contributed by atoms with E-state index in [9.17, 15) is 18.0 Å². The van der Waals surface area contributed by atoms with E-state index in [1.807, 2.05) is 0 Å². The molecular formula is C22H25N3O4S. The fourth-order valence-electron chi connectivity index (χ4n) is 4.23. The largest absolute Gasteiger partial charge is 0.280 e. The Morgan fingerprint density at radius 3 is 2.50 bits per heavy atom. The Labute approximate surface area is 176 Å². The molecule has 1 saturated carbocycles. The second kappa shape index (κ2) is 7.92. The predicted octanol–water partition coefficient (Wildman–Crippen LogP) is 2.98. The number of benzene rings is 1. The molecule has 1 N–H and O–H groups in total. The number of carbonyl (C=O) groups excluding carboxylic acids is 2. The van der Waals surface area contributed by atoms with E-state index in [1.165, 1.54) is 18.3 Å². The molecule has 1 aromatic heterocycles. The Balaban J connectivity index is 1.47. The van der Waals surface area contributed by atoms with Crippen LogP contribution in [-0.2, 0) is 16.6 Å². The van der Waals surface area contributed by atoms with Crippen molar-refractivity contribution in [1.29, 1.82) is 0 Å². The van der Waals surface area contributed by atoms with Gasteiger partial charge >= 0.3 is 0 Å². The smallest absolute Gasteiger partial charge is 0.268 e. The quantitative estimate of drug-likeness (QED) is 0.740. The fraction of sp³-hybridized carbons (Fsp3) is 0.409. The van der Waals surface area contributed by atoms with Crippen LogP contribution in [0.3, 0.4) is 0 Å². The van der Waals surface area contributed by atoms with Crippen LogP contribution in [0.2, 0.25) is 0 Å². The molecule has 2 aliphatic rings. The van der Waals surface area contributed by atoms with E-state index in [-0.39, 0.29) is 35.0 Å². The molecule has 0 saturated heterocycles. The number of carbonyl (C=O) groups is 2. The summed E-state index contributed by atoms with van der Waals surface area (Å²) in [6.07, 6.45) is 4.47. The number of amides is 2. The average molecular weight is 428 g/mol. The van der Waals surface area contributed by atoms with E-state index in [0.29, 0.717) is 17.0 Å². The maximum Gasteiger partial charge on any atom is 0.280 e. The second-order valence-corrected chi connectivity index (χ2v) is 9.95. The van der Waals surface area contributed by atoms with Gasteiger partial charge in [-0.15, -0.1) is 0 Å². The van der Waals surface area contributed by atoms with E-state index in [4.69, 9.17) is 0 Å². The molecule has 0 radical (unpaired) electrons. The molecule has 1 aromatic carbocycles. The third-order valence-electron chi connectivity index (χ3n) is 6.32. The number of hydrogen-bond acceptors (Lipinski definition) is 5. The summed E-state index contributed by atoms with van der Waals surface area (Å²) in [5.41, 5.74) is 1.12. The van der Waals surface area contributed by atoms with Crippen molar-refractivity contribution in [3.63, 3.8) is 0 Å². The van der Waals surface area contributed by atoms with Crippen molar-refractivity contribution < 1.29 is 18.0 Å². The van der Waals surface area contributed by atoms with E-state index in [1.54, 1.807) is 24.3 Å². The number of imide groups is 1. The topological polar surface area (TPSA) is 96.4 Å². The first-order valence-corrected chi connectivity index (χ1v) is 11.7. The molecule has 1 aliphatic heterocycles. The third-order valence-corrected chi connectivity index (χ3v) is 7.82. The Morgan fingerprint density at radius 2 is 1.80 bits per heavy atom. The highest BCUT2D eigenvalue weighted by atomic mass is 32.2. The minimum absolute atomic E-state index is 0.0655. The zero-order valence-corrected chi connectivity index (χ0v) is 17.9. The summed E-state index contributed by atoms with van der Waals surface area (Å²) in [5.74, 6) is -0.0468. The Hall–Kier alpha value is -2.58. The summed E-state index contributed by atoms with van der Waals surface area (Å²) in [5, 5.41) is 0. The van der Waals surface area contributed by atoms with Crippen LogP contribution in [0.4, 0.5) is 0 Å².